The van der Waals surface area contributed by atoms with Crippen molar-refractivity contribution < 1.29 is 4.74 Å². The molecule has 1 aromatic carbocycles. The topological polar surface area (TPSA) is 61.3 Å². The third-order valence-electron chi connectivity index (χ3n) is 3.82. The summed E-state index contributed by atoms with van der Waals surface area (Å²) in [6.07, 6.45) is 2.87. The fourth-order valence-electron chi connectivity index (χ4n) is 2.40. The average Bonchev–Trinajstić information content (AvgIpc) is 3.23. The molecule has 1 aromatic rings. The van der Waals surface area contributed by atoms with Crippen LogP contribution in [0.3, 0.4) is 0 Å². The highest BCUT2D eigenvalue weighted by molar-refractivity contribution is 6.90. The van der Waals surface area contributed by atoms with Crippen LogP contribution in [0.4, 0.5) is 0 Å². The average molecular weight is 287 g/mol. The summed E-state index contributed by atoms with van der Waals surface area (Å²) in [6.45, 7) is 9.26. The largest absolute Gasteiger partial charge is 0.373 e. The predicted octanol–water partition coefficient (Wildman–Crippen LogP) is 3.41. The van der Waals surface area contributed by atoms with Crippen LogP contribution in [0, 0.1) is 0 Å². The highest BCUT2D eigenvalue weighted by Gasteiger charge is 2.32. The summed E-state index contributed by atoms with van der Waals surface area (Å²) in [7, 11) is -1.39. The predicted molar refractivity (Wildman–Crippen MR) is 84.9 cm³/mol. The summed E-state index contributed by atoms with van der Waals surface area (Å²) >= 11 is 0. The number of rotatable bonds is 7. The Kier molecular flexibility index (Phi) is 4.65. The highest BCUT2D eigenvalue weighted by atomic mass is 28.3. The lowest BCUT2D eigenvalue weighted by Gasteiger charge is -2.21. The minimum absolute atomic E-state index is 0.0794. The number of azide groups is 1. The molecule has 0 amide bonds. The Bertz CT molecular complexity index is 516. The van der Waals surface area contributed by atoms with E-state index in [-0.39, 0.29) is 12.1 Å². The summed E-state index contributed by atoms with van der Waals surface area (Å²) in [5.41, 5.74) is 9.80. The van der Waals surface area contributed by atoms with Gasteiger partial charge in [0.05, 0.1) is 26.8 Å². The number of epoxide rings is 1. The normalized spacial score (nSPS) is 19.0. The molecule has 5 heteroatoms. The van der Waals surface area contributed by atoms with Gasteiger partial charge < -0.3 is 4.74 Å². The first-order chi connectivity index (χ1) is 9.56. The molecule has 0 aromatic heterocycles. The molecule has 0 saturated carbocycles. The first-order valence-corrected chi connectivity index (χ1v) is 10.1. The lowest BCUT2D eigenvalue weighted by atomic mass is 10.0. The number of hydrogen-bond acceptors (Lipinski definition) is 2. The van der Waals surface area contributed by atoms with Crippen molar-refractivity contribution in [3.8, 4) is 0 Å². The Labute approximate surface area is 121 Å². The monoisotopic (exact) mass is 287 g/mol. The lowest BCUT2D eigenvalue weighted by molar-refractivity contribution is 0.371. The highest BCUT2D eigenvalue weighted by Crippen LogP contribution is 2.21. The molecular weight excluding hydrogens is 266 g/mol. The van der Waals surface area contributed by atoms with E-state index in [9.17, 15) is 0 Å². The second-order valence-electron chi connectivity index (χ2n) is 5.92. The molecule has 2 atom stereocenters. The number of nitrogens with zero attached hydrogens (tertiary/aromatic N) is 3. The van der Waals surface area contributed by atoms with Gasteiger partial charge in [-0.1, -0.05) is 53.7 Å². The van der Waals surface area contributed by atoms with Gasteiger partial charge in [0.25, 0.3) is 0 Å². The van der Waals surface area contributed by atoms with Crippen LogP contribution in [0.15, 0.2) is 42.0 Å². The number of benzene rings is 1. The zero-order valence-electron chi connectivity index (χ0n) is 12.1. The molecule has 0 radical (unpaired) electrons. The van der Waals surface area contributed by atoms with Crippen LogP contribution in [-0.4, -0.2) is 26.8 Å². The van der Waals surface area contributed by atoms with Crippen LogP contribution in [0.25, 0.3) is 10.4 Å². The van der Waals surface area contributed by atoms with E-state index in [1.165, 1.54) is 10.8 Å². The second kappa shape index (κ2) is 6.26. The molecule has 1 heterocycles. The molecule has 2 unspecified atom stereocenters. The summed E-state index contributed by atoms with van der Waals surface area (Å²) in [5.74, 6) is 0. The lowest BCUT2D eigenvalue weighted by Crippen LogP contribution is -2.40. The van der Waals surface area contributed by atoms with Gasteiger partial charge in [0.1, 0.15) is 0 Å². The second-order valence-corrected chi connectivity index (χ2v) is 10.7. The molecule has 0 bridgehead atoms. The molecular formula is C15H21N3OSi. The number of hydrogen-bond donors (Lipinski definition) is 0. The maximum absolute atomic E-state index is 8.60. The smallest absolute Gasteiger partial charge is 0.0897 e. The third-order valence-corrected chi connectivity index (χ3v) is 7.03. The molecule has 0 spiro atoms. The van der Waals surface area contributed by atoms with Crippen LogP contribution < -0.4 is 5.19 Å². The standard InChI is InChI=1S/C15H21N3OSi/c1-4-9-20(2,3)13-7-5-12(6-8-13)10-14(17-18-16)15-11-19-15/h4-8,14-15H,1,9-11H2,2-3H3. The van der Waals surface area contributed by atoms with Crippen molar-refractivity contribution in [1.29, 1.82) is 0 Å². The van der Waals surface area contributed by atoms with E-state index in [4.69, 9.17) is 10.3 Å². The van der Waals surface area contributed by atoms with Crippen LogP contribution in [-0.2, 0) is 11.2 Å². The van der Waals surface area contributed by atoms with E-state index in [2.05, 4.69) is 54.0 Å². The van der Waals surface area contributed by atoms with E-state index >= 15 is 0 Å². The first kappa shape index (κ1) is 14.8. The first-order valence-electron chi connectivity index (χ1n) is 6.93. The van der Waals surface area contributed by atoms with E-state index in [1.807, 2.05) is 6.08 Å². The number of ether oxygens (including phenoxy) is 1. The van der Waals surface area contributed by atoms with E-state index < -0.39 is 8.07 Å². The molecule has 106 valence electrons. The Balaban J connectivity index is 2.07. The van der Waals surface area contributed by atoms with Crippen molar-refractivity contribution in [2.24, 2.45) is 5.11 Å². The summed E-state index contributed by atoms with van der Waals surface area (Å²) < 4.78 is 5.24. The van der Waals surface area contributed by atoms with Crippen LogP contribution in [0.2, 0.25) is 19.1 Å². The Morgan fingerprint density at radius 3 is 2.65 bits per heavy atom. The van der Waals surface area contributed by atoms with E-state index in [0.29, 0.717) is 6.61 Å². The maximum atomic E-state index is 8.60. The van der Waals surface area contributed by atoms with Crippen LogP contribution >= 0.6 is 0 Å². The maximum Gasteiger partial charge on any atom is 0.0897 e. The van der Waals surface area contributed by atoms with Crippen molar-refractivity contribution in [3.63, 3.8) is 0 Å². The van der Waals surface area contributed by atoms with Gasteiger partial charge in [-0.2, -0.15) is 0 Å². The van der Waals surface area contributed by atoms with Gasteiger partial charge in [0.15, 0.2) is 0 Å². The molecule has 20 heavy (non-hydrogen) atoms. The van der Waals surface area contributed by atoms with Gasteiger partial charge in [-0.25, -0.2) is 0 Å². The van der Waals surface area contributed by atoms with Gasteiger partial charge in [0.2, 0.25) is 0 Å². The molecule has 0 N–H and O–H groups in total. The van der Waals surface area contributed by atoms with Crippen LogP contribution in [0.5, 0.6) is 0 Å². The van der Waals surface area contributed by atoms with Crippen molar-refractivity contribution in [2.45, 2.75) is 37.7 Å². The van der Waals surface area contributed by atoms with Gasteiger partial charge in [-0.15, -0.1) is 6.58 Å². The fraction of sp³-hybridized carbons (Fsp3) is 0.467. The zero-order valence-corrected chi connectivity index (χ0v) is 13.1. The van der Waals surface area contributed by atoms with Crippen molar-refractivity contribution in [2.75, 3.05) is 6.61 Å². The summed E-state index contributed by atoms with van der Waals surface area (Å²) in [6, 6.07) is 9.73. The third kappa shape index (κ3) is 3.73. The Morgan fingerprint density at radius 1 is 1.50 bits per heavy atom. The zero-order chi connectivity index (χ0) is 14.6. The molecule has 0 aliphatic carbocycles. The Morgan fingerprint density at radius 2 is 2.15 bits per heavy atom. The molecule has 1 fully saturated rings. The SMILES string of the molecule is C=CC[Si](C)(C)c1ccc(CC(N=[N+]=[N-])C2CO2)cc1. The minimum Gasteiger partial charge on any atom is -0.373 e. The van der Waals surface area contributed by atoms with Crippen molar-refractivity contribution in [1.82, 2.24) is 0 Å². The van der Waals surface area contributed by atoms with Crippen molar-refractivity contribution >= 4 is 13.3 Å². The molecule has 4 nitrogen and oxygen atoms in total. The van der Waals surface area contributed by atoms with E-state index in [0.717, 1.165) is 12.5 Å². The quantitative estimate of drug-likeness (QED) is 0.189. The van der Waals surface area contributed by atoms with Crippen LogP contribution in [0.1, 0.15) is 5.56 Å². The summed E-state index contributed by atoms with van der Waals surface area (Å²) in [5, 5.41) is 5.27. The van der Waals surface area contributed by atoms with Gasteiger partial charge >= 0.3 is 0 Å². The summed E-state index contributed by atoms with van der Waals surface area (Å²) in [4.78, 5) is 2.92. The molecule has 2 rings (SSSR count). The minimum atomic E-state index is -1.39. The van der Waals surface area contributed by atoms with E-state index in [1.54, 1.807) is 0 Å². The molecule has 1 aliphatic heterocycles. The molecule has 1 aliphatic rings. The fourth-order valence-corrected chi connectivity index (χ4v) is 4.43. The van der Waals surface area contributed by atoms with Gasteiger partial charge in [-0.05, 0) is 23.6 Å². The number of allylic oxidation sites excluding steroid dienone is 1. The van der Waals surface area contributed by atoms with Gasteiger partial charge in [-0.3, -0.25) is 0 Å². The molecule has 1 saturated heterocycles. The Hall–Kier alpha value is -1.55. The van der Waals surface area contributed by atoms with Gasteiger partial charge in [0, 0.05) is 4.91 Å². The van der Waals surface area contributed by atoms with Crippen molar-refractivity contribution in [3.05, 3.63) is 52.9 Å².